The van der Waals surface area contributed by atoms with Crippen LogP contribution in [0.4, 0.5) is 0 Å². The maximum atomic E-state index is 11.9. The van der Waals surface area contributed by atoms with Crippen LogP contribution in [0.3, 0.4) is 0 Å². The zero-order chi connectivity index (χ0) is 13.9. The molecule has 0 bridgehead atoms. The van der Waals surface area contributed by atoms with E-state index in [9.17, 15) is 8.42 Å². The minimum absolute atomic E-state index is 0.306. The minimum Gasteiger partial charge on any atom is -0.240 e. The van der Waals surface area contributed by atoms with Gasteiger partial charge in [0.2, 0.25) is 0 Å². The van der Waals surface area contributed by atoms with Gasteiger partial charge in [0.1, 0.15) is 5.82 Å². The summed E-state index contributed by atoms with van der Waals surface area (Å²) in [6.07, 6.45) is 4.45. The quantitative estimate of drug-likeness (QED) is 0.784. The highest BCUT2D eigenvalue weighted by Gasteiger charge is 2.36. The largest absolute Gasteiger partial charge is 0.277 e. The van der Waals surface area contributed by atoms with Crippen LogP contribution in [0.1, 0.15) is 43.7 Å². The molecule has 1 aromatic heterocycles. The number of hydrogen-bond donors (Lipinski definition) is 2. The van der Waals surface area contributed by atoms with Crippen molar-refractivity contribution in [3.8, 4) is 0 Å². The van der Waals surface area contributed by atoms with Gasteiger partial charge in [0.25, 0.3) is 10.2 Å². The van der Waals surface area contributed by atoms with E-state index in [4.69, 9.17) is 0 Å². The van der Waals surface area contributed by atoms with E-state index >= 15 is 0 Å². The van der Waals surface area contributed by atoms with Gasteiger partial charge < -0.3 is 0 Å². The number of aromatic nitrogens is 2. The third kappa shape index (κ3) is 4.22. The number of aryl methyl sites for hydroxylation is 1. The summed E-state index contributed by atoms with van der Waals surface area (Å²) in [5.74, 6) is 0.865. The summed E-state index contributed by atoms with van der Waals surface area (Å²) in [5, 5.41) is 0. The van der Waals surface area contributed by atoms with E-state index in [-0.39, 0.29) is 6.04 Å². The Bertz CT molecular complexity index is 528. The van der Waals surface area contributed by atoms with E-state index in [2.05, 4.69) is 19.4 Å². The predicted molar refractivity (Wildman–Crippen MR) is 72.6 cm³/mol. The van der Waals surface area contributed by atoms with Crippen molar-refractivity contribution < 1.29 is 8.42 Å². The molecule has 6 nitrogen and oxygen atoms in total. The molecule has 1 aliphatic carbocycles. The number of nitrogens with zero attached hydrogens (tertiary/aromatic N) is 2. The highest BCUT2D eigenvalue weighted by Crippen LogP contribution is 2.40. The third-order valence-corrected chi connectivity index (χ3v) is 4.16. The van der Waals surface area contributed by atoms with Crippen molar-refractivity contribution >= 4 is 10.2 Å². The smallest absolute Gasteiger partial charge is 0.240 e. The Balaban J connectivity index is 2.13. The van der Waals surface area contributed by atoms with E-state index in [0.29, 0.717) is 18.3 Å². The van der Waals surface area contributed by atoms with Crippen molar-refractivity contribution in [1.82, 2.24) is 19.4 Å². The molecule has 1 atom stereocenters. The van der Waals surface area contributed by atoms with Crippen LogP contribution in [0.25, 0.3) is 0 Å². The molecule has 0 amide bonds. The maximum absolute atomic E-state index is 11.9. The monoisotopic (exact) mass is 284 g/mol. The molecule has 0 radical (unpaired) electrons. The molecule has 0 saturated heterocycles. The minimum atomic E-state index is -3.49. The van der Waals surface area contributed by atoms with Crippen LogP contribution in [-0.4, -0.2) is 24.9 Å². The van der Waals surface area contributed by atoms with Gasteiger partial charge in [-0.2, -0.15) is 13.1 Å². The van der Waals surface area contributed by atoms with Gasteiger partial charge in [-0.3, -0.25) is 0 Å². The SMILES string of the molecule is CCCNS(=O)(=O)N[C@@H](c1nccc(C)n1)C1CC1. The highest BCUT2D eigenvalue weighted by molar-refractivity contribution is 7.87. The van der Waals surface area contributed by atoms with Crippen molar-refractivity contribution in [2.45, 2.75) is 39.2 Å². The molecular formula is C12H20N4O2S. The average molecular weight is 284 g/mol. The molecule has 19 heavy (non-hydrogen) atoms. The van der Waals surface area contributed by atoms with Crippen LogP contribution >= 0.6 is 0 Å². The molecule has 0 unspecified atom stereocenters. The molecule has 0 aliphatic heterocycles. The fraction of sp³-hybridized carbons (Fsp3) is 0.667. The Morgan fingerprint density at radius 1 is 1.47 bits per heavy atom. The molecule has 0 aromatic carbocycles. The molecule has 7 heteroatoms. The van der Waals surface area contributed by atoms with Crippen LogP contribution in [0.2, 0.25) is 0 Å². The first-order valence-corrected chi connectivity index (χ1v) is 8.06. The predicted octanol–water partition coefficient (Wildman–Crippen LogP) is 1.07. The summed E-state index contributed by atoms with van der Waals surface area (Å²) < 4.78 is 29.0. The van der Waals surface area contributed by atoms with E-state index < -0.39 is 10.2 Å². The summed E-state index contributed by atoms with van der Waals surface area (Å²) in [6.45, 7) is 4.23. The fourth-order valence-corrected chi connectivity index (χ4v) is 3.04. The lowest BCUT2D eigenvalue weighted by molar-refractivity contribution is 0.501. The fourth-order valence-electron chi connectivity index (χ4n) is 1.85. The second kappa shape index (κ2) is 5.94. The van der Waals surface area contributed by atoms with Gasteiger partial charge in [-0.1, -0.05) is 6.92 Å². The summed E-state index contributed by atoms with van der Waals surface area (Å²) in [5.41, 5.74) is 0.844. The normalized spacial score (nSPS) is 17.4. The van der Waals surface area contributed by atoms with Crippen LogP contribution in [-0.2, 0) is 10.2 Å². The van der Waals surface area contributed by atoms with Crippen molar-refractivity contribution in [3.05, 3.63) is 23.8 Å². The molecule has 106 valence electrons. The lowest BCUT2D eigenvalue weighted by Crippen LogP contribution is -2.40. The third-order valence-electron chi connectivity index (χ3n) is 3.01. The summed E-state index contributed by atoms with van der Waals surface area (Å²) in [4.78, 5) is 8.53. The Morgan fingerprint density at radius 3 is 2.79 bits per heavy atom. The van der Waals surface area contributed by atoms with Gasteiger partial charge in [-0.15, -0.1) is 0 Å². The van der Waals surface area contributed by atoms with Crippen molar-refractivity contribution in [1.29, 1.82) is 0 Å². The van der Waals surface area contributed by atoms with E-state index in [1.54, 1.807) is 12.3 Å². The Labute approximate surface area is 114 Å². The molecule has 0 spiro atoms. The number of nitrogens with one attached hydrogen (secondary N) is 2. The summed E-state index contributed by atoms with van der Waals surface area (Å²) >= 11 is 0. The van der Waals surface area contributed by atoms with Crippen LogP contribution in [0.15, 0.2) is 12.3 Å². The second-order valence-electron chi connectivity index (χ2n) is 4.89. The van der Waals surface area contributed by atoms with Gasteiger partial charge in [-0.25, -0.2) is 14.7 Å². The highest BCUT2D eigenvalue weighted by atomic mass is 32.2. The number of hydrogen-bond acceptors (Lipinski definition) is 4. The van der Waals surface area contributed by atoms with Crippen molar-refractivity contribution in [2.24, 2.45) is 5.92 Å². The zero-order valence-corrected chi connectivity index (χ0v) is 12.1. The molecule has 1 fully saturated rings. The first kappa shape index (κ1) is 14.4. The first-order valence-electron chi connectivity index (χ1n) is 6.58. The van der Waals surface area contributed by atoms with Crippen LogP contribution in [0.5, 0.6) is 0 Å². The van der Waals surface area contributed by atoms with E-state index in [0.717, 1.165) is 25.0 Å². The molecule has 1 saturated carbocycles. The Hall–Kier alpha value is -1.05. The van der Waals surface area contributed by atoms with Gasteiger partial charge in [0.05, 0.1) is 6.04 Å². The summed E-state index contributed by atoms with van der Waals surface area (Å²) in [6, 6.07) is 1.48. The van der Waals surface area contributed by atoms with Crippen LogP contribution < -0.4 is 9.44 Å². The standard InChI is InChI=1S/C12H20N4O2S/c1-3-7-14-19(17,18)16-11(10-4-5-10)12-13-8-6-9(2)15-12/h6,8,10-11,14,16H,3-5,7H2,1-2H3/t11-/m1/s1. The average Bonchev–Trinajstić information content (AvgIpc) is 3.18. The van der Waals surface area contributed by atoms with Crippen LogP contribution in [0, 0.1) is 12.8 Å². The maximum Gasteiger partial charge on any atom is 0.277 e. The topological polar surface area (TPSA) is 84.0 Å². The molecule has 2 rings (SSSR count). The van der Waals surface area contributed by atoms with E-state index in [1.165, 1.54) is 0 Å². The molecule has 1 aromatic rings. The summed E-state index contributed by atoms with van der Waals surface area (Å²) in [7, 11) is -3.49. The molecule has 2 N–H and O–H groups in total. The Morgan fingerprint density at radius 2 is 2.21 bits per heavy atom. The van der Waals surface area contributed by atoms with Crippen molar-refractivity contribution in [2.75, 3.05) is 6.54 Å². The van der Waals surface area contributed by atoms with Gasteiger partial charge in [0.15, 0.2) is 0 Å². The van der Waals surface area contributed by atoms with Crippen molar-refractivity contribution in [3.63, 3.8) is 0 Å². The lowest BCUT2D eigenvalue weighted by Gasteiger charge is -2.17. The van der Waals surface area contributed by atoms with Gasteiger partial charge in [0, 0.05) is 18.4 Å². The Kier molecular flexibility index (Phi) is 4.49. The molecule has 1 aliphatic rings. The lowest BCUT2D eigenvalue weighted by atomic mass is 10.2. The molecule has 1 heterocycles. The molecular weight excluding hydrogens is 264 g/mol. The van der Waals surface area contributed by atoms with E-state index in [1.807, 2.05) is 13.8 Å². The number of rotatable bonds is 7. The van der Waals surface area contributed by atoms with Gasteiger partial charge >= 0.3 is 0 Å². The zero-order valence-electron chi connectivity index (χ0n) is 11.3. The second-order valence-corrected chi connectivity index (χ2v) is 6.42. The first-order chi connectivity index (χ1) is 9.02. The van der Waals surface area contributed by atoms with Gasteiger partial charge in [-0.05, 0) is 38.2 Å².